The van der Waals surface area contributed by atoms with Crippen molar-refractivity contribution in [3.63, 3.8) is 0 Å². The molecular formula is C50H65HoN8O9-. The summed E-state index contributed by atoms with van der Waals surface area (Å²) in [5.74, 6) is -1.25. The maximum Gasteiger partial charge on any atom is 0.329 e. The fourth-order valence-corrected chi connectivity index (χ4v) is 9.29. The predicted molar refractivity (Wildman–Crippen MR) is 253 cm³/mol. The van der Waals surface area contributed by atoms with Crippen molar-refractivity contribution >= 4 is 46.3 Å². The average molecular weight is 1090 g/mol. The number of benzene rings is 3. The number of aromatic nitrogens is 2. The molecule has 0 bridgehead atoms. The molecule has 0 spiro atoms. The van der Waals surface area contributed by atoms with Crippen LogP contribution < -0.4 is 32.7 Å². The molecular weight excluding hydrogens is 1020 g/mol. The molecule has 5 atom stereocenters. The van der Waals surface area contributed by atoms with E-state index in [4.69, 9.17) is 25.7 Å². The number of fused-ring (bicyclic) bond motifs is 1. The number of rotatable bonds is 24. The van der Waals surface area contributed by atoms with Gasteiger partial charge in [-0.3, -0.25) is 38.0 Å². The molecule has 1 fully saturated rings. The molecule has 1 aromatic heterocycles. The van der Waals surface area contributed by atoms with Gasteiger partial charge in [0.05, 0.1) is 43.0 Å². The third kappa shape index (κ3) is 13.0. The minimum Gasteiger partial charge on any atom is -0.463 e. The summed E-state index contributed by atoms with van der Waals surface area (Å²) in [6, 6.07) is 18.5. The van der Waals surface area contributed by atoms with Gasteiger partial charge in [-0.05, 0) is 105 Å². The van der Waals surface area contributed by atoms with E-state index in [0.29, 0.717) is 64.2 Å². The van der Waals surface area contributed by atoms with E-state index in [2.05, 4.69) is 34.9 Å². The monoisotopic (exact) mass is 1090 g/mol. The number of carbonyl (C=O) groups excluding carboxylic acids is 5. The second-order valence-corrected chi connectivity index (χ2v) is 17.9. The number of hydrogen-bond donors (Lipinski definition) is 4. The third-order valence-electron chi connectivity index (χ3n) is 13.2. The second-order valence-electron chi connectivity index (χ2n) is 17.9. The number of anilines is 1. The number of carbonyl (C=O) groups is 5. The van der Waals surface area contributed by atoms with E-state index < -0.39 is 12.1 Å². The van der Waals surface area contributed by atoms with Gasteiger partial charge in [-0.25, -0.2) is 11.3 Å². The van der Waals surface area contributed by atoms with Crippen molar-refractivity contribution in [2.24, 2.45) is 18.5 Å². The van der Waals surface area contributed by atoms with Crippen LogP contribution in [-0.2, 0) is 77.5 Å². The largest absolute Gasteiger partial charge is 0.463 e. The Kier molecular flexibility index (Phi) is 19.4. The van der Waals surface area contributed by atoms with Gasteiger partial charge in [-0.1, -0.05) is 54.6 Å². The van der Waals surface area contributed by atoms with Crippen molar-refractivity contribution in [2.45, 2.75) is 114 Å². The molecule has 1 radical (unpaired) electrons. The SMILES string of the molecule is C[C@@H](OCc1ccc(CCCNC(=O)COCCOCCCc2ccc3c(c2)n(C)c(=O)n3C2CCC(=O)N(C)C2=O)cc1)[C@H](CCC(N)=O)N[CH-][C@@H]1Cc2cccc3c2N1C(=O)[C@@H](N)CC3.[Ho]. The first kappa shape index (κ1) is 52.9. The molecule has 3 aliphatic rings. The van der Waals surface area contributed by atoms with Gasteiger partial charge in [0.2, 0.25) is 23.6 Å². The first-order valence-corrected chi connectivity index (χ1v) is 23.5. The maximum atomic E-state index is 13.4. The Morgan fingerprint density at radius 3 is 2.35 bits per heavy atom. The minimum absolute atomic E-state index is 0. The van der Waals surface area contributed by atoms with Crippen molar-refractivity contribution in [3.8, 4) is 0 Å². The Balaban J connectivity index is 0.00000761. The number of likely N-dealkylation sites (tertiary alicyclic amines) is 1. The average Bonchev–Trinajstić information content (AvgIpc) is 3.77. The number of hydrogen-bond acceptors (Lipinski definition) is 11. The van der Waals surface area contributed by atoms with Crippen LogP contribution in [0.25, 0.3) is 11.0 Å². The van der Waals surface area contributed by atoms with E-state index in [0.717, 1.165) is 76.0 Å². The summed E-state index contributed by atoms with van der Waals surface area (Å²) < 4.78 is 20.6. The van der Waals surface area contributed by atoms with Crippen molar-refractivity contribution in [1.29, 1.82) is 0 Å². The molecule has 4 heterocycles. The number of imidazole rings is 1. The Morgan fingerprint density at radius 2 is 1.57 bits per heavy atom. The van der Waals surface area contributed by atoms with Crippen molar-refractivity contribution in [3.05, 3.63) is 106 Å². The van der Waals surface area contributed by atoms with E-state index in [1.165, 1.54) is 11.6 Å². The molecule has 6 N–H and O–H groups in total. The second kappa shape index (κ2) is 24.9. The number of piperidine rings is 1. The Hall–Kier alpha value is -4.46. The molecule has 68 heavy (non-hydrogen) atoms. The molecule has 5 amide bonds. The Bertz CT molecular complexity index is 2470. The topological polar surface area (TPSA) is 223 Å². The van der Waals surface area contributed by atoms with Crippen LogP contribution in [0.1, 0.15) is 85.7 Å². The summed E-state index contributed by atoms with van der Waals surface area (Å²) in [6.45, 7) is 5.92. The van der Waals surface area contributed by atoms with Crippen molar-refractivity contribution in [1.82, 2.24) is 24.7 Å². The molecule has 3 aromatic carbocycles. The fourth-order valence-electron chi connectivity index (χ4n) is 9.29. The smallest absolute Gasteiger partial charge is 0.329 e. The van der Waals surface area contributed by atoms with Gasteiger partial charge in [0.15, 0.2) is 0 Å². The molecule has 0 saturated carbocycles. The number of nitrogens with zero attached hydrogens (tertiary/aromatic N) is 4. The number of ether oxygens (including phenoxy) is 3. The number of primary amides is 1. The molecule has 4 aromatic rings. The standard InChI is InChI=1S/C50H65N8O9.Ho/c1-32(40(18-21-44(52)59)54-29-38-28-37-10-4-9-36-16-17-39(51)48(62)57(38)47(36)37)67-30-35-13-11-33(12-14-35)7-5-23-53-45(60)31-66-26-25-65-24-6-8-34-15-19-41-43(27-34)55(2)50(64)58(41)42-20-22-46(61)56(3)49(42)63;/h4,9-15,19,27,29,32,38-40,42,54H,5-8,16-18,20-26,28,30-31,51H2,1-3H3,(H2,52,59)(H,53,60);/q-1;/t32-,38+,39+,40+,42?;/m1./s1. The van der Waals surface area contributed by atoms with E-state index in [9.17, 15) is 28.8 Å². The first-order chi connectivity index (χ1) is 32.3. The fraction of sp³-hybridized carbons (Fsp3) is 0.500. The van der Waals surface area contributed by atoms with Gasteiger partial charge >= 0.3 is 5.69 Å². The molecule has 17 nitrogen and oxygen atoms in total. The quantitative estimate of drug-likeness (QED) is 0.0346. The van der Waals surface area contributed by atoms with Crippen LogP contribution in [0, 0.1) is 44.3 Å². The maximum absolute atomic E-state index is 13.4. The van der Waals surface area contributed by atoms with Crippen LogP contribution in [0.15, 0.2) is 65.5 Å². The molecule has 371 valence electrons. The van der Waals surface area contributed by atoms with Gasteiger partial charge in [0.1, 0.15) is 12.6 Å². The van der Waals surface area contributed by atoms with Gasteiger partial charge in [0, 0.05) is 89.6 Å². The summed E-state index contributed by atoms with van der Waals surface area (Å²) in [5.41, 5.74) is 19.4. The number of likely N-dealkylation sites (N-methyl/N-ethyl adjacent to an activating group) is 1. The zero-order valence-corrected chi connectivity index (χ0v) is 41.1. The van der Waals surface area contributed by atoms with E-state index in [1.807, 2.05) is 54.8 Å². The number of para-hydroxylation sites is 1. The summed E-state index contributed by atoms with van der Waals surface area (Å²) in [6.07, 6.45) is 6.02. The normalized spacial score (nSPS) is 18.9. The number of aryl methyl sites for hydroxylation is 4. The van der Waals surface area contributed by atoms with Crippen LogP contribution in [0.4, 0.5) is 5.69 Å². The van der Waals surface area contributed by atoms with Crippen LogP contribution in [0.5, 0.6) is 0 Å². The van der Waals surface area contributed by atoms with Crippen LogP contribution in [0.2, 0.25) is 0 Å². The zero-order chi connectivity index (χ0) is 47.6. The van der Waals surface area contributed by atoms with E-state index >= 15 is 0 Å². The zero-order valence-electron chi connectivity index (χ0n) is 39.2. The summed E-state index contributed by atoms with van der Waals surface area (Å²) in [5, 5.41) is 6.39. The number of imide groups is 1. The number of nitrogens with one attached hydrogen (secondary N) is 2. The summed E-state index contributed by atoms with van der Waals surface area (Å²) in [4.78, 5) is 78.4. The minimum atomic E-state index is -0.702. The van der Waals surface area contributed by atoms with Crippen LogP contribution >= 0.6 is 0 Å². The molecule has 18 heteroatoms. The number of amides is 5. The summed E-state index contributed by atoms with van der Waals surface area (Å²) in [7, 11) is 3.14. The molecule has 7 rings (SSSR count). The molecule has 0 aliphatic carbocycles. The Labute approximate surface area is 427 Å². The number of nitrogens with two attached hydrogens (primary N) is 2. The van der Waals surface area contributed by atoms with Gasteiger partial charge in [-0.2, -0.15) is 0 Å². The van der Waals surface area contributed by atoms with Gasteiger partial charge < -0.3 is 41.2 Å². The molecule has 3 aliphatic heterocycles. The van der Waals surface area contributed by atoms with Gasteiger partial charge in [-0.15, -0.1) is 0 Å². The summed E-state index contributed by atoms with van der Waals surface area (Å²) >= 11 is 0. The van der Waals surface area contributed by atoms with Crippen molar-refractivity contribution in [2.75, 3.05) is 44.9 Å². The third-order valence-corrected chi connectivity index (χ3v) is 13.2. The molecule has 1 saturated heterocycles. The first-order valence-electron chi connectivity index (χ1n) is 23.5. The van der Waals surface area contributed by atoms with Gasteiger partial charge in [0.25, 0.3) is 5.91 Å². The predicted octanol–water partition coefficient (Wildman–Crippen LogP) is 2.90. The van der Waals surface area contributed by atoms with E-state index in [1.54, 1.807) is 11.6 Å². The molecule has 1 unspecified atom stereocenters. The van der Waals surface area contributed by atoms with Crippen LogP contribution in [0.3, 0.4) is 0 Å². The van der Waals surface area contributed by atoms with Crippen LogP contribution in [-0.4, -0.2) is 108 Å². The Morgan fingerprint density at radius 1 is 0.853 bits per heavy atom. The van der Waals surface area contributed by atoms with E-state index in [-0.39, 0.29) is 111 Å². The van der Waals surface area contributed by atoms with Crippen molar-refractivity contribution < 1.29 is 75.9 Å².